The third kappa shape index (κ3) is 3.09. The standard InChI is InChI=1S/C22H22N4/c1-15-5-8-20-21(11-15)25-22(24-20)18(14-23)13-17-6-7-19(12-16(17)2)26-9-3-4-10-26/h5-8,11-13H,3-4,9-10H2,1-2H3,(H,24,25). The molecule has 4 heteroatoms. The molecule has 26 heavy (non-hydrogen) atoms. The second-order valence-electron chi connectivity index (χ2n) is 7.01. The minimum atomic E-state index is 0.552. The Morgan fingerprint density at radius 2 is 1.96 bits per heavy atom. The number of anilines is 1. The number of hydrogen-bond acceptors (Lipinski definition) is 3. The molecule has 0 radical (unpaired) electrons. The van der Waals surface area contributed by atoms with Gasteiger partial charge in [-0.05, 0) is 73.7 Å². The average molecular weight is 342 g/mol. The molecule has 0 unspecified atom stereocenters. The molecule has 4 nitrogen and oxygen atoms in total. The highest BCUT2D eigenvalue weighted by Crippen LogP contribution is 2.26. The van der Waals surface area contributed by atoms with E-state index in [2.05, 4.69) is 52.1 Å². The number of fused-ring (bicyclic) bond motifs is 1. The number of nitriles is 1. The maximum atomic E-state index is 9.65. The van der Waals surface area contributed by atoms with E-state index >= 15 is 0 Å². The van der Waals surface area contributed by atoms with Gasteiger partial charge in [0.1, 0.15) is 11.9 Å². The molecule has 130 valence electrons. The summed E-state index contributed by atoms with van der Waals surface area (Å²) >= 11 is 0. The fraction of sp³-hybridized carbons (Fsp3) is 0.273. The molecule has 0 aliphatic carbocycles. The Labute approximate surface area is 153 Å². The number of nitrogens with one attached hydrogen (secondary N) is 1. The Morgan fingerprint density at radius 1 is 1.15 bits per heavy atom. The van der Waals surface area contributed by atoms with Gasteiger partial charge in [0.25, 0.3) is 0 Å². The summed E-state index contributed by atoms with van der Waals surface area (Å²) < 4.78 is 0. The van der Waals surface area contributed by atoms with E-state index in [0.29, 0.717) is 11.4 Å². The van der Waals surface area contributed by atoms with E-state index in [4.69, 9.17) is 0 Å². The van der Waals surface area contributed by atoms with Crippen molar-refractivity contribution in [3.8, 4) is 6.07 Å². The average Bonchev–Trinajstić information content (AvgIpc) is 3.30. The molecule has 2 heterocycles. The molecule has 0 saturated carbocycles. The molecular formula is C22H22N4. The van der Waals surface area contributed by atoms with Crippen LogP contribution in [-0.2, 0) is 0 Å². The third-order valence-electron chi connectivity index (χ3n) is 5.04. The van der Waals surface area contributed by atoms with Crippen LogP contribution in [0.1, 0.15) is 35.4 Å². The van der Waals surface area contributed by atoms with Gasteiger partial charge in [0.15, 0.2) is 0 Å². The predicted molar refractivity (Wildman–Crippen MR) is 107 cm³/mol. The van der Waals surface area contributed by atoms with Crippen molar-refractivity contribution < 1.29 is 0 Å². The van der Waals surface area contributed by atoms with Crippen LogP contribution in [0.3, 0.4) is 0 Å². The van der Waals surface area contributed by atoms with E-state index in [-0.39, 0.29) is 0 Å². The highest BCUT2D eigenvalue weighted by molar-refractivity contribution is 5.91. The lowest BCUT2D eigenvalue weighted by atomic mass is 10.0. The first kappa shape index (κ1) is 16.4. The molecule has 0 atom stereocenters. The number of hydrogen-bond donors (Lipinski definition) is 1. The highest BCUT2D eigenvalue weighted by atomic mass is 15.1. The molecule has 0 bridgehead atoms. The van der Waals surface area contributed by atoms with Crippen molar-refractivity contribution in [1.82, 2.24) is 9.97 Å². The molecule has 4 rings (SSSR count). The van der Waals surface area contributed by atoms with Crippen molar-refractivity contribution in [3.05, 3.63) is 58.9 Å². The van der Waals surface area contributed by atoms with E-state index in [0.717, 1.165) is 29.7 Å². The predicted octanol–water partition coefficient (Wildman–Crippen LogP) is 4.84. The van der Waals surface area contributed by atoms with Crippen LogP contribution in [0.5, 0.6) is 0 Å². The van der Waals surface area contributed by atoms with Gasteiger partial charge in [0, 0.05) is 18.8 Å². The zero-order valence-corrected chi connectivity index (χ0v) is 15.2. The van der Waals surface area contributed by atoms with Gasteiger partial charge >= 0.3 is 0 Å². The smallest absolute Gasteiger partial charge is 0.149 e. The molecule has 1 saturated heterocycles. The largest absolute Gasteiger partial charge is 0.372 e. The number of rotatable bonds is 3. The van der Waals surface area contributed by atoms with Crippen molar-refractivity contribution in [2.45, 2.75) is 26.7 Å². The van der Waals surface area contributed by atoms with Gasteiger partial charge in [0.2, 0.25) is 0 Å². The summed E-state index contributed by atoms with van der Waals surface area (Å²) in [7, 11) is 0. The van der Waals surface area contributed by atoms with Crippen LogP contribution in [0.25, 0.3) is 22.7 Å². The molecule has 1 aromatic heterocycles. The van der Waals surface area contributed by atoms with Crippen molar-refractivity contribution in [1.29, 1.82) is 5.26 Å². The Bertz CT molecular complexity index is 1030. The maximum Gasteiger partial charge on any atom is 0.149 e. The SMILES string of the molecule is Cc1ccc2nc(C(C#N)=Cc3ccc(N4CCCC4)cc3C)[nH]c2c1. The maximum absolute atomic E-state index is 9.65. The van der Waals surface area contributed by atoms with Crippen molar-refractivity contribution in [2.24, 2.45) is 0 Å². The first-order valence-electron chi connectivity index (χ1n) is 9.08. The van der Waals surface area contributed by atoms with Crippen molar-refractivity contribution in [2.75, 3.05) is 18.0 Å². The van der Waals surface area contributed by atoms with Crippen LogP contribution in [0.2, 0.25) is 0 Å². The molecule has 1 N–H and O–H groups in total. The summed E-state index contributed by atoms with van der Waals surface area (Å²) in [5.74, 6) is 0.621. The first-order valence-corrected chi connectivity index (χ1v) is 9.08. The van der Waals surface area contributed by atoms with E-state index in [1.54, 1.807) is 0 Å². The van der Waals surface area contributed by atoms with E-state index < -0.39 is 0 Å². The number of nitrogens with zero attached hydrogens (tertiary/aromatic N) is 3. The van der Waals surface area contributed by atoms with Gasteiger partial charge in [-0.25, -0.2) is 4.98 Å². The van der Waals surface area contributed by atoms with Crippen LogP contribution in [0, 0.1) is 25.2 Å². The van der Waals surface area contributed by atoms with Gasteiger partial charge in [-0.2, -0.15) is 5.26 Å². The lowest BCUT2D eigenvalue weighted by Crippen LogP contribution is -2.17. The summed E-state index contributed by atoms with van der Waals surface area (Å²) in [5.41, 5.74) is 7.07. The summed E-state index contributed by atoms with van der Waals surface area (Å²) in [6.07, 6.45) is 4.46. The zero-order valence-electron chi connectivity index (χ0n) is 15.2. The molecule has 0 spiro atoms. The number of H-pyrrole nitrogens is 1. The second kappa shape index (κ2) is 6.68. The lowest BCUT2D eigenvalue weighted by molar-refractivity contribution is 0.949. The fourth-order valence-electron chi connectivity index (χ4n) is 3.55. The quantitative estimate of drug-likeness (QED) is 0.693. The Hall–Kier alpha value is -3.06. The minimum Gasteiger partial charge on any atom is -0.372 e. The molecule has 3 aromatic rings. The van der Waals surface area contributed by atoms with E-state index in [1.165, 1.54) is 29.7 Å². The summed E-state index contributed by atoms with van der Waals surface area (Å²) in [5, 5.41) is 9.65. The van der Waals surface area contributed by atoms with Crippen LogP contribution < -0.4 is 4.90 Å². The van der Waals surface area contributed by atoms with Crippen LogP contribution in [0.15, 0.2) is 36.4 Å². The number of aryl methyl sites for hydroxylation is 2. The Morgan fingerprint density at radius 3 is 2.69 bits per heavy atom. The second-order valence-corrected chi connectivity index (χ2v) is 7.01. The number of aromatic amines is 1. The van der Waals surface area contributed by atoms with Gasteiger partial charge in [-0.1, -0.05) is 12.1 Å². The van der Waals surface area contributed by atoms with Crippen molar-refractivity contribution >= 4 is 28.4 Å². The van der Waals surface area contributed by atoms with Crippen LogP contribution in [0.4, 0.5) is 5.69 Å². The van der Waals surface area contributed by atoms with Gasteiger partial charge in [-0.15, -0.1) is 0 Å². The van der Waals surface area contributed by atoms with E-state index in [9.17, 15) is 5.26 Å². The summed E-state index contributed by atoms with van der Waals surface area (Å²) in [4.78, 5) is 10.3. The van der Waals surface area contributed by atoms with Gasteiger partial charge < -0.3 is 9.88 Å². The highest BCUT2D eigenvalue weighted by Gasteiger charge is 2.13. The normalized spacial score (nSPS) is 14.8. The minimum absolute atomic E-state index is 0.552. The number of benzene rings is 2. The molecule has 0 amide bonds. The van der Waals surface area contributed by atoms with Crippen molar-refractivity contribution in [3.63, 3.8) is 0 Å². The molecule has 1 aliphatic heterocycles. The molecule has 1 aliphatic rings. The number of allylic oxidation sites excluding steroid dienone is 1. The monoisotopic (exact) mass is 342 g/mol. The van der Waals surface area contributed by atoms with Crippen LogP contribution >= 0.6 is 0 Å². The van der Waals surface area contributed by atoms with E-state index in [1.807, 2.05) is 25.1 Å². The Kier molecular flexibility index (Phi) is 4.22. The molecule has 2 aromatic carbocycles. The van der Waals surface area contributed by atoms with Gasteiger partial charge in [0.05, 0.1) is 16.6 Å². The molecule has 1 fully saturated rings. The number of aromatic nitrogens is 2. The Balaban J connectivity index is 1.69. The van der Waals surface area contributed by atoms with Crippen LogP contribution in [-0.4, -0.2) is 23.1 Å². The lowest BCUT2D eigenvalue weighted by Gasteiger charge is -2.18. The summed E-state index contributed by atoms with van der Waals surface area (Å²) in [6.45, 7) is 6.42. The zero-order chi connectivity index (χ0) is 18.1. The van der Waals surface area contributed by atoms with Gasteiger partial charge in [-0.3, -0.25) is 0 Å². The fourth-order valence-corrected chi connectivity index (χ4v) is 3.55. The summed E-state index contributed by atoms with van der Waals surface area (Å²) in [6, 6.07) is 14.8. The topological polar surface area (TPSA) is 55.7 Å². The first-order chi connectivity index (χ1) is 12.6. The third-order valence-corrected chi connectivity index (χ3v) is 5.04. The molecular weight excluding hydrogens is 320 g/mol. The number of imidazole rings is 1.